The Hall–Kier alpha value is -0.460. The van der Waals surface area contributed by atoms with Crippen LogP contribution in [0, 0.1) is 0 Å². The zero-order chi connectivity index (χ0) is 11.4. The van der Waals surface area contributed by atoms with Crippen LogP contribution in [-0.4, -0.2) is 52.6 Å². The molecule has 0 bridgehead atoms. The Kier molecular flexibility index (Phi) is 4.69. The van der Waals surface area contributed by atoms with E-state index in [1.165, 1.54) is 6.08 Å². The normalized spacial score (nSPS) is 41.5. The molecule has 88 valence electrons. The molecule has 1 fully saturated rings. The monoisotopic (exact) mass is 218 g/mol. The average Bonchev–Trinajstić information content (AvgIpc) is 2.25. The van der Waals surface area contributed by atoms with Gasteiger partial charge in [-0.2, -0.15) is 0 Å². The summed E-state index contributed by atoms with van der Waals surface area (Å²) < 4.78 is 10.4. The van der Waals surface area contributed by atoms with Crippen LogP contribution < -0.4 is 0 Å². The smallest absolute Gasteiger partial charge is 0.186 e. The molecule has 0 saturated carbocycles. The summed E-state index contributed by atoms with van der Waals surface area (Å²) in [5.74, 6) is 0. The summed E-state index contributed by atoms with van der Waals surface area (Å²) >= 11 is 0. The van der Waals surface area contributed by atoms with E-state index in [1.807, 2.05) is 6.92 Å². The lowest BCUT2D eigenvalue weighted by Crippen LogP contribution is -2.58. The van der Waals surface area contributed by atoms with Crippen molar-refractivity contribution in [3.8, 4) is 0 Å². The second kappa shape index (κ2) is 5.58. The molecule has 3 N–H and O–H groups in total. The van der Waals surface area contributed by atoms with Crippen molar-refractivity contribution in [2.75, 3.05) is 6.61 Å². The molecule has 5 unspecified atom stereocenters. The van der Waals surface area contributed by atoms with Gasteiger partial charge in [0, 0.05) is 0 Å². The van der Waals surface area contributed by atoms with Gasteiger partial charge in [-0.15, -0.1) is 6.58 Å². The number of aliphatic hydroxyl groups is 3. The molecule has 0 aromatic heterocycles. The van der Waals surface area contributed by atoms with Crippen LogP contribution in [0.3, 0.4) is 0 Å². The summed E-state index contributed by atoms with van der Waals surface area (Å²) in [5.41, 5.74) is 0. The lowest BCUT2D eigenvalue weighted by atomic mass is 9.97. The fraction of sp³-hybridized carbons (Fsp3) is 0.800. The van der Waals surface area contributed by atoms with Crippen molar-refractivity contribution in [1.29, 1.82) is 0 Å². The van der Waals surface area contributed by atoms with Gasteiger partial charge in [0.25, 0.3) is 0 Å². The maximum Gasteiger partial charge on any atom is 0.186 e. The number of aliphatic hydroxyl groups excluding tert-OH is 3. The highest BCUT2D eigenvalue weighted by molar-refractivity contribution is 4.88. The van der Waals surface area contributed by atoms with E-state index in [9.17, 15) is 15.3 Å². The molecule has 15 heavy (non-hydrogen) atoms. The van der Waals surface area contributed by atoms with Crippen LogP contribution in [0.4, 0.5) is 0 Å². The molecule has 1 rings (SSSR count). The van der Waals surface area contributed by atoms with Crippen LogP contribution in [0.1, 0.15) is 13.3 Å². The van der Waals surface area contributed by atoms with E-state index >= 15 is 0 Å². The van der Waals surface area contributed by atoms with Crippen LogP contribution in [0.25, 0.3) is 0 Å². The Morgan fingerprint density at radius 1 is 1.27 bits per heavy atom. The fourth-order valence-electron chi connectivity index (χ4n) is 1.55. The first-order valence-electron chi connectivity index (χ1n) is 5.04. The predicted octanol–water partition coefficient (Wildman–Crippen LogP) is -0.593. The molecular formula is C10H18O5. The first-order chi connectivity index (χ1) is 7.11. The van der Waals surface area contributed by atoms with Crippen LogP contribution >= 0.6 is 0 Å². The van der Waals surface area contributed by atoms with Gasteiger partial charge in [0.1, 0.15) is 18.3 Å². The maximum absolute atomic E-state index is 9.55. The largest absolute Gasteiger partial charge is 0.388 e. The number of hydrogen-bond donors (Lipinski definition) is 3. The zero-order valence-corrected chi connectivity index (χ0v) is 8.74. The predicted molar refractivity (Wildman–Crippen MR) is 53.1 cm³/mol. The molecular weight excluding hydrogens is 200 g/mol. The van der Waals surface area contributed by atoms with Gasteiger partial charge < -0.3 is 24.8 Å². The minimum atomic E-state index is -1.24. The fourth-order valence-corrected chi connectivity index (χ4v) is 1.55. The maximum atomic E-state index is 9.55. The molecule has 0 radical (unpaired) electrons. The van der Waals surface area contributed by atoms with Gasteiger partial charge in [0.05, 0.1) is 12.7 Å². The van der Waals surface area contributed by atoms with Crippen molar-refractivity contribution in [3.63, 3.8) is 0 Å². The molecule has 1 aliphatic heterocycles. The Morgan fingerprint density at radius 2 is 1.93 bits per heavy atom. The summed E-state index contributed by atoms with van der Waals surface area (Å²) in [4.78, 5) is 0. The molecule has 0 aromatic carbocycles. The van der Waals surface area contributed by atoms with Crippen molar-refractivity contribution in [2.45, 2.75) is 44.1 Å². The number of rotatable bonds is 4. The van der Waals surface area contributed by atoms with Crippen LogP contribution in [0.5, 0.6) is 0 Å². The van der Waals surface area contributed by atoms with E-state index in [0.717, 1.165) is 0 Å². The first kappa shape index (κ1) is 12.6. The molecule has 0 amide bonds. The molecule has 1 saturated heterocycles. The number of hydrogen-bond acceptors (Lipinski definition) is 5. The molecule has 0 spiro atoms. The second-order valence-corrected chi connectivity index (χ2v) is 3.54. The Bertz CT molecular complexity index is 206. The Balaban J connectivity index is 2.60. The van der Waals surface area contributed by atoms with Gasteiger partial charge in [-0.25, -0.2) is 0 Å². The number of ether oxygens (including phenoxy) is 2. The summed E-state index contributed by atoms with van der Waals surface area (Å²) in [6.45, 7) is 5.51. The van der Waals surface area contributed by atoms with Crippen LogP contribution in [0.15, 0.2) is 12.7 Å². The summed E-state index contributed by atoms with van der Waals surface area (Å²) in [5, 5.41) is 28.6. The van der Waals surface area contributed by atoms with E-state index in [2.05, 4.69) is 6.58 Å². The van der Waals surface area contributed by atoms with E-state index in [0.29, 0.717) is 6.42 Å². The Morgan fingerprint density at radius 3 is 2.47 bits per heavy atom. The lowest BCUT2D eigenvalue weighted by Gasteiger charge is -2.39. The quantitative estimate of drug-likeness (QED) is 0.549. The van der Waals surface area contributed by atoms with Gasteiger partial charge in [-0.1, -0.05) is 13.0 Å². The average molecular weight is 218 g/mol. The molecule has 0 aliphatic carbocycles. The van der Waals surface area contributed by atoms with E-state index in [1.54, 1.807) is 0 Å². The Labute approximate surface area is 88.9 Å². The lowest BCUT2D eigenvalue weighted by molar-refractivity contribution is -0.294. The van der Waals surface area contributed by atoms with Gasteiger partial charge in [-0.3, -0.25) is 0 Å². The highest BCUT2D eigenvalue weighted by Gasteiger charge is 2.43. The minimum absolute atomic E-state index is 0.223. The highest BCUT2D eigenvalue weighted by Crippen LogP contribution is 2.23. The van der Waals surface area contributed by atoms with Crippen molar-refractivity contribution < 1.29 is 24.8 Å². The van der Waals surface area contributed by atoms with Crippen molar-refractivity contribution in [2.24, 2.45) is 0 Å². The summed E-state index contributed by atoms with van der Waals surface area (Å²) in [7, 11) is 0. The molecule has 5 heteroatoms. The SMILES string of the molecule is C=CCOC1OC(CC)C(O)C(O)C1O. The van der Waals surface area contributed by atoms with E-state index in [-0.39, 0.29) is 6.61 Å². The third-order valence-corrected chi connectivity index (χ3v) is 2.45. The third-order valence-electron chi connectivity index (χ3n) is 2.45. The van der Waals surface area contributed by atoms with Crippen LogP contribution in [0.2, 0.25) is 0 Å². The molecule has 1 heterocycles. The van der Waals surface area contributed by atoms with Gasteiger partial charge >= 0.3 is 0 Å². The van der Waals surface area contributed by atoms with E-state index in [4.69, 9.17) is 9.47 Å². The second-order valence-electron chi connectivity index (χ2n) is 3.54. The van der Waals surface area contributed by atoms with Gasteiger partial charge in [0.2, 0.25) is 0 Å². The first-order valence-corrected chi connectivity index (χ1v) is 5.04. The standard InChI is InChI=1S/C10H18O5/c1-3-5-14-10-9(13)8(12)7(11)6(4-2)15-10/h3,6-13H,1,4-5H2,2H3. The summed E-state index contributed by atoms with van der Waals surface area (Å²) in [6.07, 6.45) is -2.91. The molecule has 0 aromatic rings. The minimum Gasteiger partial charge on any atom is -0.388 e. The molecule has 5 atom stereocenters. The highest BCUT2D eigenvalue weighted by atomic mass is 16.7. The topological polar surface area (TPSA) is 79.2 Å². The zero-order valence-electron chi connectivity index (χ0n) is 8.74. The summed E-state index contributed by atoms with van der Waals surface area (Å²) in [6, 6.07) is 0. The third kappa shape index (κ3) is 2.76. The molecule has 1 aliphatic rings. The van der Waals surface area contributed by atoms with Crippen molar-refractivity contribution in [1.82, 2.24) is 0 Å². The molecule has 5 nitrogen and oxygen atoms in total. The van der Waals surface area contributed by atoms with Crippen molar-refractivity contribution in [3.05, 3.63) is 12.7 Å². The van der Waals surface area contributed by atoms with Gasteiger partial charge in [-0.05, 0) is 6.42 Å². The van der Waals surface area contributed by atoms with Gasteiger partial charge in [0.15, 0.2) is 6.29 Å². The van der Waals surface area contributed by atoms with Crippen molar-refractivity contribution >= 4 is 0 Å². The van der Waals surface area contributed by atoms with Crippen LogP contribution in [-0.2, 0) is 9.47 Å². The van der Waals surface area contributed by atoms with E-state index < -0.39 is 30.7 Å².